The Morgan fingerprint density at radius 3 is 2.14 bits per heavy atom. The van der Waals surface area contributed by atoms with Crippen LogP contribution in [0.15, 0.2) is 24.3 Å². The minimum Gasteiger partial charge on any atom is -0.452 e. The maximum absolute atomic E-state index is 11.8. The Balaban J connectivity index is 2.45. The van der Waals surface area contributed by atoms with Gasteiger partial charge in [-0.25, -0.2) is 9.59 Å². The number of carbonyl (C=O) groups is 3. The van der Waals surface area contributed by atoms with Crippen molar-refractivity contribution < 1.29 is 19.1 Å². The quantitative estimate of drug-likeness (QED) is 0.817. The number of nitrogens with one attached hydrogen (secondary N) is 2. The normalized spacial score (nSPS) is 10.5. The van der Waals surface area contributed by atoms with Gasteiger partial charge in [0.15, 0.2) is 6.61 Å². The summed E-state index contributed by atoms with van der Waals surface area (Å²) in [5, 5.41) is 4.57. The van der Waals surface area contributed by atoms with E-state index in [9.17, 15) is 14.4 Å². The summed E-state index contributed by atoms with van der Waals surface area (Å²) in [6.45, 7) is 7.14. The number of esters is 1. The van der Waals surface area contributed by atoms with Gasteiger partial charge in [-0.3, -0.25) is 10.1 Å². The Kier molecular flexibility index (Phi) is 6.56. The lowest BCUT2D eigenvalue weighted by Crippen LogP contribution is -2.44. The van der Waals surface area contributed by atoms with Gasteiger partial charge in [-0.05, 0) is 37.5 Å². The lowest BCUT2D eigenvalue weighted by Gasteiger charge is -2.10. The molecular weight excluding hydrogens is 284 g/mol. The number of ether oxygens (including phenoxy) is 1. The fraction of sp³-hybridized carbons (Fsp3) is 0.438. The van der Waals surface area contributed by atoms with Crippen molar-refractivity contribution in [3.63, 3.8) is 0 Å². The first-order chi connectivity index (χ1) is 10.3. The summed E-state index contributed by atoms with van der Waals surface area (Å²) in [5.41, 5.74) is 1.48. The molecule has 0 radical (unpaired) electrons. The van der Waals surface area contributed by atoms with E-state index in [4.69, 9.17) is 4.74 Å². The topological polar surface area (TPSA) is 84.5 Å². The average Bonchev–Trinajstić information content (AvgIpc) is 2.43. The van der Waals surface area contributed by atoms with E-state index in [1.54, 1.807) is 26.0 Å². The van der Waals surface area contributed by atoms with E-state index < -0.39 is 24.5 Å². The van der Waals surface area contributed by atoms with Gasteiger partial charge in [-0.15, -0.1) is 0 Å². The van der Waals surface area contributed by atoms with Crippen molar-refractivity contribution in [3.8, 4) is 0 Å². The Hall–Kier alpha value is -2.37. The number of carbonyl (C=O) groups excluding carboxylic acids is 3. The Morgan fingerprint density at radius 1 is 1.05 bits per heavy atom. The highest BCUT2D eigenvalue weighted by Crippen LogP contribution is 2.15. The van der Waals surface area contributed by atoms with Gasteiger partial charge in [0.05, 0.1) is 5.56 Å². The van der Waals surface area contributed by atoms with Gasteiger partial charge in [0.2, 0.25) is 0 Å². The predicted octanol–water partition coefficient (Wildman–Crippen LogP) is 2.20. The second-order valence-corrected chi connectivity index (χ2v) is 5.53. The third-order valence-electron chi connectivity index (χ3n) is 2.82. The predicted molar refractivity (Wildman–Crippen MR) is 82.6 cm³/mol. The van der Waals surface area contributed by atoms with Crippen molar-refractivity contribution in [1.82, 2.24) is 10.6 Å². The molecule has 0 bridgehead atoms. The second-order valence-electron chi connectivity index (χ2n) is 5.53. The van der Waals surface area contributed by atoms with E-state index >= 15 is 0 Å². The summed E-state index contributed by atoms with van der Waals surface area (Å²) in [7, 11) is 0. The SMILES string of the molecule is CC(C)NC(=O)NC(=O)COC(=O)c1ccc(C(C)C)cc1. The van der Waals surface area contributed by atoms with Gasteiger partial charge in [0.1, 0.15) is 0 Å². The lowest BCUT2D eigenvalue weighted by molar-refractivity contribution is -0.123. The Morgan fingerprint density at radius 2 is 1.64 bits per heavy atom. The van der Waals surface area contributed by atoms with Crippen LogP contribution in [0.3, 0.4) is 0 Å². The molecule has 22 heavy (non-hydrogen) atoms. The number of hydrogen-bond donors (Lipinski definition) is 2. The van der Waals surface area contributed by atoms with Crippen LogP contribution < -0.4 is 10.6 Å². The number of hydrogen-bond acceptors (Lipinski definition) is 4. The maximum atomic E-state index is 11.8. The summed E-state index contributed by atoms with van der Waals surface area (Å²) >= 11 is 0. The number of amides is 3. The Labute approximate surface area is 130 Å². The highest BCUT2D eigenvalue weighted by molar-refractivity contribution is 5.97. The summed E-state index contributed by atoms with van der Waals surface area (Å²) in [5.74, 6) is -0.907. The van der Waals surface area contributed by atoms with Crippen molar-refractivity contribution in [2.24, 2.45) is 0 Å². The smallest absolute Gasteiger partial charge is 0.338 e. The fourth-order valence-corrected chi connectivity index (χ4v) is 1.68. The van der Waals surface area contributed by atoms with Crippen LogP contribution in [0.1, 0.15) is 49.5 Å². The summed E-state index contributed by atoms with van der Waals surface area (Å²) in [4.78, 5) is 34.6. The molecule has 6 nitrogen and oxygen atoms in total. The van der Waals surface area contributed by atoms with Gasteiger partial charge in [0.25, 0.3) is 5.91 Å². The monoisotopic (exact) mass is 306 g/mol. The lowest BCUT2D eigenvalue weighted by atomic mass is 10.0. The molecule has 120 valence electrons. The van der Waals surface area contributed by atoms with Gasteiger partial charge >= 0.3 is 12.0 Å². The summed E-state index contributed by atoms with van der Waals surface area (Å²) in [6.07, 6.45) is 0. The van der Waals surface area contributed by atoms with Crippen LogP contribution in [0.25, 0.3) is 0 Å². The first-order valence-electron chi connectivity index (χ1n) is 7.17. The molecule has 0 heterocycles. The summed E-state index contributed by atoms with van der Waals surface area (Å²) < 4.78 is 4.87. The third kappa shape index (κ3) is 5.95. The molecule has 0 saturated heterocycles. The van der Waals surface area contributed by atoms with Crippen molar-refractivity contribution in [2.75, 3.05) is 6.61 Å². The van der Waals surface area contributed by atoms with Gasteiger partial charge < -0.3 is 10.1 Å². The molecule has 0 spiro atoms. The molecule has 0 aliphatic heterocycles. The zero-order chi connectivity index (χ0) is 16.7. The van der Waals surface area contributed by atoms with Crippen molar-refractivity contribution in [2.45, 2.75) is 39.7 Å². The Bertz CT molecular complexity index is 536. The average molecular weight is 306 g/mol. The van der Waals surface area contributed by atoms with Crippen LogP contribution in [0.4, 0.5) is 4.79 Å². The molecule has 1 aromatic carbocycles. The van der Waals surface area contributed by atoms with Crippen LogP contribution in [0.5, 0.6) is 0 Å². The van der Waals surface area contributed by atoms with Crippen molar-refractivity contribution in [1.29, 1.82) is 0 Å². The van der Waals surface area contributed by atoms with Crippen LogP contribution >= 0.6 is 0 Å². The number of benzene rings is 1. The molecule has 0 aliphatic carbocycles. The van der Waals surface area contributed by atoms with E-state index in [2.05, 4.69) is 24.5 Å². The number of imide groups is 1. The summed E-state index contributed by atoms with van der Waals surface area (Å²) in [6, 6.07) is 6.30. The maximum Gasteiger partial charge on any atom is 0.338 e. The van der Waals surface area contributed by atoms with E-state index in [1.165, 1.54) is 0 Å². The van der Waals surface area contributed by atoms with E-state index in [0.717, 1.165) is 5.56 Å². The van der Waals surface area contributed by atoms with Crippen molar-refractivity contribution >= 4 is 17.9 Å². The minimum atomic E-state index is -0.676. The van der Waals surface area contributed by atoms with Crippen LogP contribution in [-0.2, 0) is 9.53 Å². The minimum absolute atomic E-state index is 0.0881. The van der Waals surface area contributed by atoms with E-state index in [-0.39, 0.29) is 6.04 Å². The highest BCUT2D eigenvalue weighted by Gasteiger charge is 2.13. The standard InChI is InChI=1S/C16H22N2O4/c1-10(2)12-5-7-13(8-6-12)15(20)22-9-14(19)18-16(21)17-11(3)4/h5-8,10-11H,9H2,1-4H3,(H2,17,18,19,21). The second kappa shape index (κ2) is 8.17. The molecule has 0 fully saturated rings. The van der Waals surface area contributed by atoms with Crippen LogP contribution in [0.2, 0.25) is 0 Å². The first-order valence-corrected chi connectivity index (χ1v) is 7.17. The largest absolute Gasteiger partial charge is 0.452 e. The zero-order valence-electron chi connectivity index (χ0n) is 13.3. The molecule has 6 heteroatoms. The number of urea groups is 1. The van der Waals surface area contributed by atoms with E-state index in [0.29, 0.717) is 11.5 Å². The zero-order valence-corrected chi connectivity index (χ0v) is 13.3. The van der Waals surface area contributed by atoms with Crippen LogP contribution in [-0.4, -0.2) is 30.6 Å². The fourth-order valence-electron chi connectivity index (χ4n) is 1.68. The first kappa shape index (κ1) is 17.7. The van der Waals surface area contributed by atoms with E-state index in [1.807, 2.05) is 12.1 Å². The molecule has 0 aromatic heterocycles. The highest BCUT2D eigenvalue weighted by atomic mass is 16.5. The molecule has 1 aromatic rings. The third-order valence-corrected chi connectivity index (χ3v) is 2.82. The molecule has 0 saturated carbocycles. The molecule has 0 unspecified atom stereocenters. The molecular formula is C16H22N2O4. The van der Waals surface area contributed by atoms with Crippen LogP contribution in [0, 0.1) is 0 Å². The van der Waals surface area contributed by atoms with Crippen molar-refractivity contribution in [3.05, 3.63) is 35.4 Å². The molecule has 0 aliphatic rings. The molecule has 0 atom stereocenters. The molecule has 2 N–H and O–H groups in total. The van der Waals surface area contributed by atoms with Gasteiger partial charge in [-0.1, -0.05) is 26.0 Å². The molecule has 1 rings (SSSR count). The molecule has 3 amide bonds. The number of rotatable bonds is 5. The van der Waals surface area contributed by atoms with Gasteiger partial charge in [0, 0.05) is 6.04 Å². The van der Waals surface area contributed by atoms with Gasteiger partial charge in [-0.2, -0.15) is 0 Å².